The number of aliphatic imine (C=N–C) groups is 1. The Hall–Kier alpha value is -2.53. The molecule has 26 heavy (non-hydrogen) atoms. The summed E-state index contributed by atoms with van der Waals surface area (Å²) in [5, 5.41) is 10.1. The molecule has 0 bridgehead atoms. The van der Waals surface area contributed by atoms with Crippen LogP contribution in [0.1, 0.15) is 34.8 Å². The normalized spacial score (nSPS) is 11.1. The number of carbonyl (C=O) groups is 1. The third kappa shape index (κ3) is 6.41. The van der Waals surface area contributed by atoms with Gasteiger partial charge in [-0.3, -0.25) is 9.79 Å². The van der Waals surface area contributed by atoms with Gasteiger partial charge in [0.2, 0.25) is 0 Å². The Balaban J connectivity index is 1.87. The standard InChI is InChI=1S/C20H25ClN4O/c1-3-11-23-19(26)17-6-4-5-16(12-17)14-25-20(22-2)24-13-15-7-9-18(21)10-8-15/h4-10,12H,3,11,13-14H2,1-2H3,(H,23,26)(H2,22,24,25). The smallest absolute Gasteiger partial charge is 0.251 e. The lowest BCUT2D eigenvalue weighted by Gasteiger charge is -2.13. The molecule has 0 aromatic heterocycles. The highest BCUT2D eigenvalue weighted by Gasteiger charge is 2.06. The first-order chi connectivity index (χ1) is 12.6. The zero-order chi connectivity index (χ0) is 18.8. The van der Waals surface area contributed by atoms with E-state index in [4.69, 9.17) is 11.6 Å². The highest BCUT2D eigenvalue weighted by Crippen LogP contribution is 2.09. The number of halogens is 1. The van der Waals surface area contributed by atoms with E-state index in [0.29, 0.717) is 31.2 Å². The van der Waals surface area contributed by atoms with Gasteiger partial charge >= 0.3 is 0 Å². The van der Waals surface area contributed by atoms with Crippen LogP contribution < -0.4 is 16.0 Å². The molecule has 0 fully saturated rings. The number of hydrogen-bond donors (Lipinski definition) is 3. The second-order valence-corrected chi connectivity index (χ2v) is 6.30. The van der Waals surface area contributed by atoms with E-state index < -0.39 is 0 Å². The van der Waals surface area contributed by atoms with Crippen molar-refractivity contribution in [2.75, 3.05) is 13.6 Å². The number of rotatable bonds is 7. The molecule has 6 heteroatoms. The predicted octanol–water partition coefficient (Wildman–Crippen LogP) is 3.35. The van der Waals surface area contributed by atoms with Crippen molar-refractivity contribution in [2.45, 2.75) is 26.4 Å². The summed E-state index contributed by atoms with van der Waals surface area (Å²) in [4.78, 5) is 16.3. The molecule has 0 spiro atoms. The summed E-state index contributed by atoms with van der Waals surface area (Å²) >= 11 is 5.90. The molecule has 138 valence electrons. The van der Waals surface area contributed by atoms with Crippen molar-refractivity contribution in [3.63, 3.8) is 0 Å². The first kappa shape index (κ1) is 19.8. The molecule has 0 aliphatic rings. The minimum absolute atomic E-state index is 0.0426. The second-order valence-electron chi connectivity index (χ2n) is 5.86. The number of nitrogens with zero attached hydrogens (tertiary/aromatic N) is 1. The Morgan fingerprint density at radius 2 is 1.69 bits per heavy atom. The van der Waals surface area contributed by atoms with Gasteiger partial charge in [0.05, 0.1) is 0 Å². The number of amides is 1. The van der Waals surface area contributed by atoms with E-state index in [1.54, 1.807) is 7.05 Å². The maximum atomic E-state index is 12.1. The van der Waals surface area contributed by atoms with Crippen LogP contribution in [-0.4, -0.2) is 25.5 Å². The maximum absolute atomic E-state index is 12.1. The molecule has 0 saturated heterocycles. The predicted molar refractivity (Wildman–Crippen MR) is 108 cm³/mol. The number of benzene rings is 2. The lowest BCUT2D eigenvalue weighted by atomic mass is 10.1. The van der Waals surface area contributed by atoms with Crippen LogP contribution in [0.3, 0.4) is 0 Å². The van der Waals surface area contributed by atoms with E-state index in [1.807, 2.05) is 55.5 Å². The van der Waals surface area contributed by atoms with Gasteiger partial charge in [-0.15, -0.1) is 0 Å². The van der Waals surface area contributed by atoms with Crippen molar-refractivity contribution in [2.24, 2.45) is 4.99 Å². The van der Waals surface area contributed by atoms with Gasteiger partial charge in [0, 0.05) is 37.3 Å². The van der Waals surface area contributed by atoms with E-state index in [2.05, 4.69) is 20.9 Å². The lowest BCUT2D eigenvalue weighted by Crippen LogP contribution is -2.36. The van der Waals surface area contributed by atoms with E-state index in [0.717, 1.165) is 22.6 Å². The first-order valence-electron chi connectivity index (χ1n) is 8.68. The Morgan fingerprint density at radius 3 is 2.35 bits per heavy atom. The Bertz CT molecular complexity index is 744. The Morgan fingerprint density at radius 1 is 1.00 bits per heavy atom. The molecular formula is C20H25ClN4O. The number of nitrogens with one attached hydrogen (secondary N) is 3. The Kier molecular flexibility index (Phi) is 7.96. The highest BCUT2D eigenvalue weighted by molar-refractivity contribution is 6.30. The fourth-order valence-corrected chi connectivity index (χ4v) is 2.48. The number of hydrogen-bond acceptors (Lipinski definition) is 2. The largest absolute Gasteiger partial charge is 0.352 e. The fraction of sp³-hybridized carbons (Fsp3) is 0.300. The van der Waals surface area contributed by atoms with Gasteiger partial charge in [-0.2, -0.15) is 0 Å². The van der Waals surface area contributed by atoms with E-state index in [1.165, 1.54) is 0 Å². The monoisotopic (exact) mass is 372 g/mol. The van der Waals surface area contributed by atoms with Crippen molar-refractivity contribution in [3.8, 4) is 0 Å². The third-order valence-corrected chi connectivity index (χ3v) is 4.03. The molecular weight excluding hydrogens is 348 g/mol. The minimum Gasteiger partial charge on any atom is -0.352 e. The van der Waals surface area contributed by atoms with Crippen LogP contribution in [0, 0.1) is 0 Å². The van der Waals surface area contributed by atoms with Crippen LogP contribution in [0.2, 0.25) is 5.02 Å². The molecule has 5 nitrogen and oxygen atoms in total. The molecule has 0 aliphatic carbocycles. The van der Waals surface area contributed by atoms with Gasteiger partial charge in [-0.1, -0.05) is 42.8 Å². The van der Waals surface area contributed by atoms with Crippen LogP contribution in [-0.2, 0) is 13.1 Å². The zero-order valence-corrected chi connectivity index (χ0v) is 15.9. The van der Waals surface area contributed by atoms with Crippen molar-refractivity contribution in [1.29, 1.82) is 0 Å². The van der Waals surface area contributed by atoms with Crippen LogP contribution in [0.5, 0.6) is 0 Å². The summed E-state index contributed by atoms with van der Waals surface area (Å²) in [6, 6.07) is 15.3. The van der Waals surface area contributed by atoms with Gasteiger partial charge in [0.25, 0.3) is 5.91 Å². The van der Waals surface area contributed by atoms with Crippen LogP contribution in [0.4, 0.5) is 0 Å². The highest BCUT2D eigenvalue weighted by atomic mass is 35.5. The summed E-state index contributed by atoms with van der Waals surface area (Å²) in [6.07, 6.45) is 0.919. The molecule has 2 aromatic rings. The van der Waals surface area contributed by atoms with E-state index in [-0.39, 0.29) is 5.91 Å². The molecule has 0 aliphatic heterocycles. The molecule has 0 saturated carbocycles. The molecule has 0 atom stereocenters. The summed E-state index contributed by atoms with van der Waals surface area (Å²) in [6.45, 7) is 3.94. The second kappa shape index (κ2) is 10.5. The average molecular weight is 373 g/mol. The summed E-state index contributed by atoms with van der Waals surface area (Å²) < 4.78 is 0. The maximum Gasteiger partial charge on any atom is 0.251 e. The zero-order valence-electron chi connectivity index (χ0n) is 15.2. The van der Waals surface area contributed by atoms with Crippen molar-refractivity contribution in [3.05, 3.63) is 70.2 Å². The first-order valence-corrected chi connectivity index (χ1v) is 9.06. The molecule has 1 amide bonds. The molecule has 0 heterocycles. The minimum atomic E-state index is -0.0426. The summed E-state index contributed by atoms with van der Waals surface area (Å²) in [5.74, 6) is 0.653. The van der Waals surface area contributed by atoms with Crippen molar-refractivity contribution >= 4 is 23.5 Å². The van der Waals surface area contributed by atoms with E-state index >= 15 is 0 Å². The summed E-state index contributed by atoms with van der Waals surface area (Å²) in [5.41, 5.74) is 2.80. The number of guanidine groups is 1. The van der Waals surface area contributed by atoms with Gasteiger partial charge in [-0.05, 0) is 41.8 Å². The molecule has 3 N–H and O–H groups in total. The SMILES string of the molecule is CCCNC(=O)c1cccc(CNC(=NC)NCc2ccc(Cl)cc2)c1. The Labute approximate surface area is 159 Å². The lowest BCUT2D eigenvalue weighted by molar-refractivity contribution is 0.0953. The topological polar surface area (TPSA) is 65.5 Å². The average Bonchev–Trinajstić information content (AvgIpc) is 2.67. The van der Waals surface area contributed by atoms with Crippen LogP contribution in [0.25, 0.3) is 0 Å². The molecule has 0 radical (unpaired) electrons. The van der Waals surface area contributed by atoms with Gasteiger partial charge in [0.15, 0.2) is 5.96 Å². The van der Waals surface area contributed by atoms with Crippen LogP contribution in [0.15, 0.2) is 53.5 Å². The molecule has 2 rings (SSSR count). The summed E-state index contributed by atoms with van der Waals surface area (Å²) in [7, 11) is 1.73. The quantitative estimate of drug-likeness (QED) is 0.516. The van der Waals surface area contributed by atoms with Crippen LogP contribution >= 0.6 is 11.6 Å². The van der Waals surface area contributed by atoms with Gasteiger partial charge in [-0.25, -0.2) is 0 Å². The third-order valence-electron chi connectivity index (χ3n) is 3.78. The van der Waals surface area contributed by atoms with Crippen molar-refractivity contribution < 1.29 is 4.79 Å². The number of carbonyl (C=O) groups excluding carboxylic acids is 1. The van der Waals surface area contributed by atoms with Crippen molar-refractivity contribution in [1.82, 2.24) is 16.0 Å². The fourth-order valence-electron chi connectivity index (χ4n) is 2.36. The molecule has 0 unspecified atom stereocenters. The van der Waals surface area contributed by atoms with Gasteiger partial charge < -0.3 is 16.0 Å². The molecule has 2 aromatic carbocycles. The van der Waals surface area contributed by atoms with E-state index in [9.17, 15) is 4.79 Å². The van der Waals surface area contributed by atoms with Gasteiger partial charge in [0.1, 0.15) is 0 Å².